The van der Waals surface area contributed by atoms with E-state index in [1.807, 2.05) is 26.0 Å². The maximum Gasteiger partial charge on any atom is 0.257 e. The molecule has 3 nitrogen and oxygen atoms in total. The van der Waals surface area contributed by atoms with E-state index in [9.17, 15) is 0 Å². The second-order valence-corrected chi connectivity index (χ2v) is 2.95. The summed E-state index contributed by atoms with van der Waals surface area (Å²) in [5, 5.41) is 0. The van der Waals surface area contributed by atoms with Gasteiger partial charge in [0.1, 0.15) is 12.2 Å². The van der Waals surface area contributed by atoms with Gasteiger partial charge in [0.2, 0.25) is 0 Å². The molecular formula is C9H11NO2. The van der Waals surface area contributed by atoms with Gasteiger partial charge in [0.05, 0.1) is 0 Å². The molecule has 0 spiro atoms. The Morgan fingerprint density at radius 1 is 1.25 bits per heavy atom. The van der Waals surface area contributed by atoms with Crippen molar-refractivity contribution in [2.45, 2.75) is 26.1 Å². The van der Waals surface area contributed by atoms with Crippen LogP contribution in [-0.2, 0) is 0 Å². The molecule has 0 radical (unpaired) electrons. The summed E-state index contributed by atoms with van der Waals surface area (Å²) in [5.74, 6) is 1.34. The number of fused-ring (bicyclic) bond motifs is 1. The first-order valence-corrected chi connectivity index (χ1v) is 4.05. The SMILES string of the molecule is CC1Oc2cccnc2OC1C. The minimum atomic E-state index is 0.0763. The van der Waals surface area contributed by atoms with Crippen molar-refractivity contribution in [3.8, 4) is 11.6 Å². The Labute approximate surface area is 71.3 Å². The summed E-state index contributed by atoms with van der Waals surface area (Å²) in [5.41, 5.74) is 0. The van der Waals surface area contributed by atoms with Gasteiger partial charge in [0.25, 0.3) is 5.88 Å². The first kappa shape index (κ1) is 7.40. The summed E-state index contributed by atoms with van der Waals surface area (Å²) in [4.78, 5) is 4.06. The van der Waals surface area contributed by atoms with Crippen LogP contribution < -0.4 is 9.47 Å². The molecular weight excluding hydrogens is 154 g/mol. The zero-order valence-corrected chi connectivity index (χ0v) is 7.15. The summed E-state index contributed by atoms with van der Waals surface area (Å²) < 4.78 is 11.1. The molecule has 1 aromatic heterocycles. The summed E-state index contributed by atoms with van der Waals surface area (Å²) in [6.07, 6.45) is 1.87. The number of nitrogens with zero attached hydrogens (tertiary/aromatic N) is 1. The van der Waals surface area contributed by atoms with Crippen LogP contribution in [0.2, 0.25) is 0 Å². The molecule has 1 aromatic rings. The molecule has 3 heteroatoms. The van der Waals surface area contributed by atoms with Crippen molar-refractivity contribution in [3.63, 3.8) is 0 Å². The van der Waals surface area contributed by atoms with Crippen LogP contribution >= 0.6 is 0 Å². The molecule has 0 fully saturated rings. The van der Waals surface area contributed by atoms with Gasteiger partial charge in [-0.15, -0.1) is 0 Å². The second-order valence-electron chi connectivity index (χ2n) is 2.95. The highest BCUT2D eigenvalue weighted by atomic mass is 16.6. The number of hydrogen-bond donors (Lipinski definition) is 0. The Kier molecular flexibility index (Phi) is 1.64. The summed E-state index contributed by atoms with van der Waals surface area (Å²) in [6.45, 7) is 3.96. The molecule has 0 N–H and O–H groups in total. The largest absolute Gasteiger partial charge is 0.481 e. The summed E-state index contributed by atoms with van der Waals surface area (Å²) in [6, 6.07) is 3.70. The van der Waals surface area contributed by atoms with E-state index in [-0.39, 0.29) is 12.2 Å². The number of pyridine rings is 1. The average molecular weight is 165 g/mol. The molecule has 2 unspecified atom stereocenters. The fraction of sp³-hybridized carbons (Fsp3) is 0.444. The van der Waals surface area contributed by atoms with Gasteiger partial charge in [-0.25, -0.2) is 4.98 Å². The summed E-state index contributed by atoms with van der Waals surface area (Å²) >= 11 is 0. The predicted molar refractivity (Wildman–Crippen MR) is 44.4 cm³/mol. The minimum Gasteiger partial charge on any atom is -0.481 e. The third-order valence-electron chi connectivity index (χ3n) is 2.01. The van der Waals surface area contributed by atoms with Crippen molar-refractivity contribution >= 4 is 0 Å². The van der Waals surface area contributed by atoms with Crippen LogP contribution in [0.25, 0.3) is 0 Å². The Morgan fingerprint density at radius 2 is 2.00 bits per heavy atom. The quantitative estimate of drug-likeness (QED) is 0.585. The van der Waals surface area contributed by atoms with E-state index in [0.717, 1.165) is 5.75 Å². The van der Waals surface area contributed by atoms with Crippen LogP contribution in [0.5, 0.6) is 11.6 Å². The monoisotopic (exact) mass is 165 g/mol. The molecule has 2 heterocycles. The van der Waals surface area contributed by atoms with Crippen molar-refractivity contribution in [1.82, 2.24) is 4.98 Å². The van der Waals surface area contributed by atoms with Crippen molar-refractivity contribution in [3.05, 3.63) is 18.3 Å². The number of hydrogen-bond acceptors (Lipinski definition) is 3. The molecule has 0 aromatic carbocycles. The van der Waals surface area contributed by atoms with Crippen LogP contribution in [0.3, 0.4) is 0 Å². The maximum atomic E-state index is 5.56. The standard InChI is InChI=1S/C9H11NO2/c1-6-7(2)12-9-8(11-6)4-3-5-10-9/h3-7H,1-2H3. The van der Waals surface area contributed by atoms with Crippen molar-refractivity contribution in [2.75, 3.05) is 0 Å². The third kappa shape index (κ3) is 1.11. The number of ether oxygens (including phenoxy) is 2. The molecule has 0 bridgehead atoms. The average Bonchev–Trinajstić information content (AvgIpc) is 2.07. The molecule has 0 amide bonds. The van der Waals surface area contributed by atoms with E-state index in [1.54, 1.807) is 6.20 Å². The highest BCUT2D eigenvalue weighted by Gasteiger charge is 2.24. The molecule has 0 saturated heterocycles. The topological polar surface area (TPSA) is 31.4 Å². The van der Waals surface area contributed by atoms with Crippen LogP contribution in [0.15, 0.2) is 18.3 Å². The predicted octanol–water partition coefficient (Wildman–Crippen LogP) is 1.63. The lowest BCUT2D eigenvalue weighted by Crippen LogP contribution is -2.35. The van der Waals surface area contributed by atoms with E-state index < -0.39 is 0 Å². The van der Waals surface area contributed by atoms with E-state index in [4.69, 9.17) is 9.47 Å². The highest BCUT2D eigenvalue weighted by Crippen LogP contribution is 2.30. The van der Waals surface area contributed by atoms with Gasteiger partial charge in [0.15, 0.2) is 5.75 Å². The van der Waals surface area contributed by atoms with Crippen LogP contribution in [0.1, 0.15) is 13.8 Å². The fourth-order valence-corrected chi connectivity index (χ4v) is 1.12. The molecule has 1 aliphatic heterocycles. The first-order chi connectivity index (χ1) is 5.77. The van der Waals surface area contributed by atoms with Gasteiger partial charge < -0.3 is 9.47 Å². The molecule has 0 saturated carbocycles. The lowest BCUT2D eigenvalue weighted by Gasteiger charge is -2.28. The Bertz CT molecular complexity index is 259. The lowest BCUT2D eigenvalue weighted by molar-refractivity contribution is 0.0382. The van der Waals surface area contributed by atoms with Gasteiger partial charge in [-0.3, -0.25) is 0 Å². The summed E-state index contributed by atoms with van der Waals surface area (Å²) in [7, 11) is 0. The van der Waals surface area contributed by atoms with E-state index >= 15 is 0 Å². The number of aromatic nitrogens is 1. The minimum absolute atomic E-state index is 0.0763. The van der Waals surface area contributed by atoms with Gasteiger partial charge in [-0.2, -0.15) is 0 Å². The van der Waals surface area contributed by atoms with Crippen molar-refractivity contribution in [2.24, 2.45) is 0 Å². The smallest absolute Gasteiger partial charge is 0.257 e. The normalized spacial score (nSPS) is 26.8. The Hall–Kier alpha value is -1.25. The zero-order chi connectivity index (χ0) is 8.55. The Balaban J connectivity index is 2.34. The highest BCUT2D eigenvalue weighted by molar-refractivity contribution is 5.34. The molecule has 2 rings (SSSR count). The van der Waals surface area contributed by atoms with Gasteiger partial charge in [-0.05, 0) is 26.0 Å². The lowest BCUT2D eigenvalue weighted by atomic mass is 10.2. The van der Waals surface area contributed by atoms with E-state index in [2.05, 4.69) is 4.98 Å². The van der Waals surface area contributed by atoms with Crippen molar-refractivity contribution in [1.29, 1.82) is 0 Å². The van der Waals surface area contributed by atoms with Gasteiger partial charge in [-0.1, -0.05) is 0 Å². The first-order valence-electron chi connectivity index (χ1n) is 4.05. The second kappa shape index (κ2) is 2.66. The third-order valence-corrected chi connectivity index (χ3v) is 2.01. The zero-order valence-electron chi connectivity index (χ0n) is 7.15. The van der Waals surface area contributed by atoms with Crippen LogP contribution in [0, 0.1) is 0 Å². The Morgan fingerprint density at radius 3 is 2.83 bits per heavy atom. The van der Waals surface area contributed by atoms with E-state index in [0.29, 0.717) is 5.88 Å². The van der Waals surface area contributed by atoms with Gasteiger partial charge in [0, 0.05) is 6.20 Å². The maximum absolute atomic E-state index is 5.56. The molecule has 2 atom stereocenters. The van der Waals surface area contributed by atoms with Crippen LogP contribution in [0.4, 0.5) is 0 Å². The van der Waals surface area contributed by atoms with Gasteiger partial charge >= 0.3 is 0 Å². The molecule has 12 heavy (non-hydrogen) atoms. The number of rotatable bonds is 0. The van der Waals surface area contributed by atoms with E-state index in [1.165, 1.54) is 0 Å². The molecule has 1 aliphatic rings. The fourth-order valence-electron chi connectivity index (χ4n) is 1.12. The molecule has 64 valence electrons. The molecule has 0 aliphatic carbocycles. The van der Waals surface area contributed by atoms with Crippen molar-refractivity contribution < 1.29 is 9.47 Å². The van der Waals surface area contributed by atoms with Crippen LogP contribution in [-0.4, -0.2) is 17.2 Å².